The van der Waals surface area contributed by atoms with Crippen LogP contribution in [0, 0.1) is 30.4 Å². The van der Waals surface area contributed by atoms with Gasteiger partial charge in [0.2, 0.25) is 11.9 Å². The molecular formula is C23H26F2N8. The second-order valence-corrected chi connectivity index (χ2v) is 9.21. The summed E-state index contributed by atoms with van der Waals surface area (Å²) in [5.41, 5.74) is 1.16. The molecule has 1 N–H and O–H groups in total. The summed E-state index contributed by atoms with van der Waals surface area (Å²) in [5, 5.41) is 8.29. The number of hydrogen-bond donors (Lipinski definition) is 1. The van der Waals surface area contributed by atoms with Gasteiger partial charge in [-0.1, -0.05) is 6.07 Å². The maximum Gasteiger partial charge on any atom is 0.244 e. The molecule has 3 aliphatic rings. The minimum Gasteiger partial charge on any atom is -0.353 e. The Balaban J connectivity index is 1.21. The Bertz CT molecular complexity index is 1170. The van der Waals surface area contributed by atoms with Crippen molar-refractivity contribution in [3.63, 3.8) is 0 Å². The van der Waals surface area contributed by atoms with Gasteiger partial charge in [-0.3, -0.25) is 0 Å². The minimum absolute atomic E-state index is 0.235. The maximum absolute atomic E-state index is 14.6. The van der Waals surface area contributed by atoms with Gasteiger partial charge in [-0.2, -0.15) is 4.98 Å². The molecule has 0 unspecified atom stereocenters. The Morgan fingerprint density at radius 2 is 1.88 bits per heavy atom. The number of fused-ring (bicyclic) bond motifs is 3. The maximum atomic E-state index is 14.6. The van der Waals surface area contributed by atoms with E-state index in [1.807, 2.05) is 15.6 Å². The molecule has 1 saturated carbocycles. The summed E-state index contributed by atoms with van der Waals surface area (Å²) in [6, 6.07) is 6.82. The van der Waals surface area contributed by atoms with Gasteiger partial charge in [0.25, 0.3) is 0 Å². The van der Waals surface area contributed by atoms with E-state index in [9.17, 15) is 8.78 Å². The molecule has 172 valence electrons. The molecule has 0 radical (unpaired) electrons. The fraction of sp³-hybridized carbons (Fsp3) is 0.478. The zero-order chi connectivity index (χ0) is 22.5. The fourth-order valence-corrected chi connectivity index (χ4v) is 5.56. The molecule has 3 atom stereocenters. The lowest BCUT2D eigenvalue weighted by atomic mass is 9.92. The summed E-state index contributed by atoms with van der Waals surface area (Å²) < 4.78 is 30.3. The smallest absolute Gasteiger partial charge is 0.244 e. The molecule has 2 fully saturated rings. The molecule has 0 spiro atoms. The summed E-state index contributed by atoms with van der Waals surface area (Å²) in [5.74, 6) is 1.87. The Labute approximate surface area is 190 Å². The molecule has 10 heteroatoms. The molecule has 0 amide bonds. The van der Waals surface area contributed by atoms with E-state index in [1.54, 1.807) is 13.0 Å². The van der Waals surface area contributed by atoms with Gasteiger partial charge < -0.3 is 15.1 Å². The van der Waals surface area contributed by atoms with Crippen LogP contribution in [0.15, 0.2) is 30.6 Å². The van der Waals surface area contributed by atoms with Crippen molar-refractivity contribution in [1.29, 1.82) is 0 Å². The van der Waals surface area contributed by atoms with Crippen LogP contribution in [0.1, 0.15) is 25.0 Å². The highest BCUT2D eigenvalue weighted by molar-refractivity contribution is 5.59. The van der Waals surface area contributed by atoms with Crippen molar-refractivity contribution in [1.82, 2.24) is 24.7 Å². The van der Waals surface area contributed by atoms with Crippen LogP contribution >= 0.6 is 0 Å². The first-order chi connectivity index (χ1) is 16.1. The van der Waals surface area contributed by atoms with E-state index in [-0.39, 0.29) is 17.7 Å². The predicted octanol–water partition coefficient (Wildman–Crippen LogP) is 3.52. The Morgan fingerprint density at radius 1 is 1.06 bits per heavy atom. The number of halogens is 2. The van der Waals surface area contributed by atoms with Crippen LogP contribution in [0.5, 0.6) is 0 Å². The number of piperidine rings is 1. The standard InChI is InChI=1S/C23H26F2N8/c1-14-19(25)21(27-13-26-14)31-11-15-6-7-16(12-31)20(15)28-22-29-23-32(8-3-9-33(23)30-22)18-5-2-4-17(24)10-18/h2,4-5,10,13,15-16,20H,3,6-9,11-12H2,1H3,(H,28,30)/t15-,16+,20+. The summed E-state index contributed by atoms with van der Waals surface area (Å²) in [4.78, 5) is 17.0. The van der Waals surface area contributed by atoms with Gasteiger partial charge in [-0.15, -0.1) is 5.10 Å². The molecule has 2 aliphatic heterocycles. The van der Waals surface area contributed by atoms with Crippen molar-refractivity contribution in [2.75, 3.05) is 34.8 Å². The third-order valence-corrected chi connectivity index (χ3v) is 7.14. The predicted molar refractivity (Wildman–Crippen MR) is 121 cm³/mol. The van der Waals surface area contributed by atoms with Crippen molar-refractivity contribution < 1.29 is 8.78 Å². The minimum atomic E-state index is -0.329. The van der Waals surface area contributed by atoms with Gasteiger partial charge in [0.15, 0.2) is 11.6 Å². The number of benzene rings is 1. The lowest BCUT2D eigenvalue weighted by Crippen LogP contribution is -2.48. The van der Waals surface area contributed by atoms with Gasteiger partial charge in [-0.05, 0) is 56.2 Å². The highest BCUT2D eigenvalue weighted by Gasteiger charge is 2.43. The Hall–Kier alpha value is -3.30. The molecule has 1 aromatic carbocycles. The average Bonchev–Trinajstić information content (AvgIpc) is 3.31. The van der Waals surface area contributed by atoms with Crippen LogP contribution in [0.2, 0.25) is 0 Å². The van der Waals surface area contributed by atoms with Crippen molar-refractivity contribution in [2.24, 2.45) is 11.8 Å². The molecular weight excluding hydrogens is 426 g/mol. The molecule has 6 rings (SSSR count). The molecule has 33 heavy (non-hydrogen) atoms. The van der Waals surface area contributed by atoms with E-state index in [1.165, 1.54) is 18.5 Å². The van der Waals surface area contributed by atoms with Gasteiger partial charge in [0.05, 0.1) is 5.69 Å². The third kappa shape index (κ3) is 3.57. The lowest BCUT2D eigenvalue weighted by molar-refractivity contribution is 0.371. The highest BCUT2D eigenvalue weighted by atomic mass is 19.1. The first-order valence-corrected chi connectivity index (χ1v) is 11.5. The lowest BCUT2D eigenvalue weighted by Gasteiger charge is -2.38. The van der Waals surface area contributed by atoms with Crippen LogP contribution in [0.4, 0.5) is 32.2 Å². The number of aryl methyl sites for hydroxylation is 2. The molecule has 4 heterocycles. The number of aromatic nitrogens is 5. The first-order valence-electron chi connectivity index (χ1n) is 11.5. The van der Waals surface area contributed by atoms with Gasteiger partial charge in [-0.25, -0.2) is 23.4 Å². The van der Waals surface area contributed by atoms with E-state index in [0.29, 0.717) is 29.3 Å². The van der Waals surface area contributed by atoms with E-state index in [2.05, 4.69) is 20.2 Å². The average molecular weight is 453 g/mol. The van der Waals surface area contributed by atoms with E-state index < -0.39 is 0 Å². The van der Waals surface area contributed by atoms with Crippen molar-refractivity contribution in [3.8, 4) is 0 Å². The summed E-state index contributed by atoms with van der Waals surface area (Å²) in [6.07, 6.45) is 4.50. The Morgan fingerprint density at radius 3 is 2.67 bits per heavy atom. The van der Waals surface area contributed by atoms with Crippen LogP contribution in [0.3, 0.4) is 0 Å². The largest absolute Gasteiger partial charge is 0.353 e. The van der Waals surface area contributed by atoms with Crippen LogP contribution in [-0.2, 0) is 6.54 Å². The summed E-state index contributed by atoms with van der Waals surface area (Å²) in [7, 11) is 0. The van der Waals surface area contributed by atoms with Crippen molar-refractivity contribution in [3.05, 3.63) is 47.9 Å². The van der Waals surface area contributed by atoms with Crippen molar-refractivity contribution in [2.45, 2.75) is 38.8 Å². The molecule has 8 nitrogen and oxygen atoms in total. The molecule has 1 aliphatic carbocycles. The number of anilines is 4. The van der Waals surface area contributed by atoms with Gasteiger partial charge in [0, 0.05) is 37.9 Å². The SMILES string of the molecule is Cc1ncnc(N2C[C@H]3CC[C@@H](C2)[C@H]3Nc2nc3n(n2)CCCN3c2cccc(F)c2)c1F. The number of nitrogens with zero attached hydrogens (tertiary/aromatic N) is 7. The monoisotopic (exact) mass is 452 g/mol. The van der Waals surface area contributed by atoms with Crippen LogP contribution in [-0.4, -0.2) is 50.4 Å². The third-order valence-electron chi connectivity index (χ3n) is 7.14. The van der Waals surface area contributed by atoms with Crippen LogP contribution < -0.4 is 15.1 Å². The van der Waals surface area contributed by atoms with Crippen molar-refractivity contribution >= 4 is 23.4 Å². The molecule has 3 aromatic rings. The van der Waals surface area contributed by atoms with E-state index >= 15 is 0 Å². The van der Waals surface area contributed by atoms with Gasteiger partial charge in [0.1, 0.15) is 12.1 Å². The van der Waals surface area contributed by atoms with Crippen LogP contribution in [0.25, 0.3) is 0 Å². The second kappa shape index (κ2) is 7.93. The summed E-state index contributed by atoms with van der Waals surface area (Å²) in [6.45, 7) is 4.71. The topological polar surface area (TPSA) is 75.0 Å². The first kappa shape index (κ1) is 20.3. The molecule has 1 saturated heterocycles. The zero-order valence-electron chi connectivity index (χ0n) is 18.5. The highest BCUT2D eigenvalue weighted by Crippen LogP contribution is 2.40. The molecule has 2 aromatic heterocycles. The number of nitrogens with one attached hydrogen (secondary N) is 1. The second-order valence-electron chi connectivity index (χ2n) is 9.21. The van der Waals surface area contributed by atoms with E-state index in [4.69, 9.17) is 10.1 Å². The summed E-state index contributed by atoms with van der Waals surface area (Å²) >= 11 is 0. The van der Waals surface area contributed by atoms with Gasteiger partial charge >= 0.3 is 0 Å². The van der Waals surface area contributed by atoms with E-state index in [0.717, 1.165) is 57.1 Å². The Kier molecular flexibility index (Phi) is 4.88. The normalized spacial score (nSPS) is 24.2. The quantitative estimate of drug-likeness (QED) is 0.649. The molecule has 2 bridgehead atoms. The number of hydrogen-bond acceptors (Lipinski definition) is 7. The zero-order valence-corrected chi connectivity index (χ0v) is 18.5. The number of rotatable bonds is 4. The fourth-order valence-electron chi connectivity index (χ4n) is 5.56.